The van der Waals surface area contributed by atoms with Crippen LogP contribution in [0.3, 0.4) is 0 Å². The zero-order valence-corrected chi connectivity index (χ0v) is 17.8. The van der Waals surface area contributed by atoms with Crippen molar-refractivity contribution in [1.82, 2.24) is 9.88 Å². The Kier molecular flexibility index (Phi) is 7.30. The van der Waals surface area contributed by atoms with Crippen molar-refractivity contribution in [2.45, 2.75) is 20.3 Å². The maximum atomic E-state index is 13.1. The highest BCUT2D eigenvalue weighted by Crippen LogP contribution is 2.24. The van der Waals surface area contributed by atoms with Gasteiger partial charge in [-0.2, -0.15) is 0 Å². The van der Waals surface area contributed by atoms with Crippen LogP contribution in [0, 0.1) is 11.7 Å². The molecular weight excluding hydrogens is 401 g/mol. The minimum absolute atomic E-state index is 0.0571. The fourth-order valence-electron chi connectivity index (χ4n) is 2.99. The number of aromatic nitrogens is 1. The number of anilines is 1. The first-order chi connectivity index (χ1) is 14.4. The number of nitrogens with zero attached hydrogens (tertiary/aromatic N) is 2. The van der Waals surface area contributed by atoms with Gasteiger partial charge >= 0.3 is 0 Å². The summed E-state index contributed by atoms with van der Waals surface area (Å²) in [6.07, 6.45) is 0.121. The highest BCUT2D eigenvalue weighted by Gasteiger charge is 2.19. The zero-order chi connectivity index (χ0) is 21.5. The fourth-order valence-corrected chi connectivity index (χ4v) is 3.72. The Balaban J connectivity index is 1.62. The van der Waals surface area contributed by atoms with Crippen molar-refractivity contribution in [1.29, 1.82) is 0 Å². The summed E-state index contributed by atoms with van der Waals surface area (Å²) in [6, 6.07) is 15.5. The van der Waals surface area contributed by atoms with E-state index in [-0.39, 0.29) is 36.5 Å². The standard InChI is InChI=1S/C23H24FN3O2S/c1-16(2)13-27(22(29)12-17-8-10-19(24)11-9-17)14-21(28)26-23-25-20(15-30-23)18-6-4-3-5-7-18/h3-11,15-16H,12-14H2,1-2H3,(H,25,26,28). The predicted octanol–water partition coefficient (Wildman–Crippen LogP) is 4.62. The fraction of sp³-hybridized carbons (Fsp3) is 0.261. The van der Waals surface area contributed by atoms with Crippen molar-refractivity contribution in [3.8, 4) is 11.3 Å². The van der Waals surface area contributed by atoms with Crippen LogP contribution in [-0.4, -0.2) is 34.8 Å². The molecular formula is C23H24FN3O2S. The number of hydrogen-bond donors (Lipinski definition) is 1. The van der Waals surface area contributed by atoms with Crippen molar-refractivity contribution < 1.29 is 14.0 Å². The van der Waals surface area contributed by atoms with E-state index in [9.17, 15) is 14.0 Å². The molecule has 2 aromatic carbocycles. The molecule has 0 unspecified atom stereocenters. The number of halogens is 1. The molecule has 1 aromatic heterocycles. The average Bonchev–Trinajstić information content (AvgIpc) is 3.18. The van der Waals surface area contributed by atoms with Crippen LogP contribution in [0.1, 0.15) is 19.4 Å². The molecule has 0 aliphatic carbocycles. The molecule has 2 amide bonds. The SMILES string of the molecule is CC(C)CN(CC(=O)Nc1nc(-c2ccccc2)cs1)C(=O)Cc1ccc(F)cc1. The molecule has 0 aliphatic rings. The molecule has 0 fully saturated rings. The van der Waals surface area contributed by atoms with Gasteiger partial charge in [-0.25, -0.2) is 9.37 Å². The summed E-state index contributed by atoms with van der Waals surface area (Å²) in [7, 11) is 0. The molecule has 0 saturated carbocycles. The van der Waals surface area contributed by atoms with Gasteiger partial charge in [-0.05, 0) is 23.6 Å². The lowest BCUT2D eigenvalue weighted by Crippen LogP contribution is -2.41. The molecule has 0 radical (unpaired) electrons. The molecule has 5 nitrogen and oxygen atoms in total. The second-order valence-corrected chi connectivity index (χ2v) is 8.28. The van der Waals surface area contributed by atoms with E-state index in [0.717, 1.165) is 11.3 Å². The highest BCUT2D eigenvalue weighted by molar-refractivity contribution is 7.14. The first kappa shape index (κ1) is 21.6. The zero-order valence-electron chi connectivity index (χ0n) is 17.0. The van der Waals surface area contributed by atoms with Crippen LogP contribution >= 0.6 is 11.3 Å². The molecule has 0 bridgehead atoms. The summed E-state index contributed by atoms with van der Waals surface area (Å²) in [6.45, 7) is 4.38. The minimum atomic E-state index is -0.345. The van der Waals surface area contributed by atoms with Crippen molar-refractivity contribution in [2.24, 2.45) is 5.92 Å². The Hall–Kier alpha value is -3.06. The van der Waals surface area contributed by atoms with E-state index in [1.807, 2.05) is 49.6 Å². The Morgan fingerprint density at radius 3 is 2.47 bits per heavy atom. The summed E-state index contributed by atoms with van der Waals surface area (Å²) < 4.78 is 13.1. The molecule has 1 N–H and O–H groups in total. The van der Waals surface area contributed by atoms with Crippen LogP contribution in [0.2, 0.25) is 0 Å². The van der Waals surface area contributed by atoms with Crippen LogP contribution < -0.4 is 5.32 Å². The third kappa shape index (κ3) is 6.22. The number of carbonyl (C=O) groups is 2. The van der Waals surface area contributed by atoms with Gasteiger partial charge < -0.3 is 10.2 Å². The maximum absolute atomic E-state index is 13.1. The van der Waals surface area contributed by atoms with E-state index in [1.54, 1.807) is 12.1 Å². The lowest BCUT2D eigenvalue weighted by molar-refractivity contribution is -0.134. The van der Waals surface area contributed by atoms with Crippen molar-refractivity contribution in [3.63, 3.8) is 0 Å². The van der Waals surface area contributed by atoms with Gasteiger partial charge in [0.2, 0.25) is 11.8 Å². The third-order valence-electron chi connectivity index (χ3n) is 4.36. The second-order valence-electron chi connectivity index (χ2n) is 7.42. The topological polar surface area (TPSA) is 62.3 Å². The largest absolute Gasteiger partial charge is 0.333 e. The molecule has 3 rings (SSSR count). The van der Waals surface area contributed by atoms with Crippen LogP contribution in [0.4, 0.5) is 9.52 Å². The summed E-state index contributed by atoms with van der Waals surface area (Å²) in [4.78, 5) is 31.3. The number of nitrogens with one attached hydrogen (secondary N) is 1. The van der Waals surface area contributed by atoms with Gasteiger partial charge in [0.05, 0.1) is 18.7 Å². The summed E-state index contributed by atoms with van der Waals surface area (Å²) in [5.41, 5.74) is 2.48. The molecule has 30 heavy (non-hydrogen) atoms. The van der Waals surface area contributed by atoms with Gasteiger partial charge in [0, 0.05) is 17.5 Å². The summed E-state index contributed by atoms with van der Waals surface area (Å²) in [5.74, 6) is -0.603. The first-order valence-electron chi connectivity index (χ1n) is 9.73. The Morgan fingerprint density at radius 1 is 1.10 bits per heavy atom. The lowest BCUT2D eigenvalue weighted by atomic mass is 10.1. The summed E-state index contributed by atoms with van der Waals surface area (Å²) in [5, 5.41) is 5.17. The van der Waals surface area contributed by atoms with E-state index in [4.69, 9.17) is 0 Å². The quantitative estimate of drug-likeness (QED) is 0.573. The molecule has 0 atom stereocenters. The van der Waals surface area contributed by atoms with Crippen LogP contribution in [0.25, 0.3) is 11.3 Å². The molecule has 3 aromatic rings. The maximum Gasteiger partial charge on any atom is 0.245 e. The number of rotatable bonds is 8. The van der Waals surface area contributed by atoms with E-state index in [1.165, 1.54) is 28.4 Å². The number of thiazole rings is 1. The molecule has 156 valence electrons. The highest BCUT2D eigenvalue weighted by atomic mass is 32.1. The Labute approximate surface area is 179 Å². The van der Waals surface area contributed by atoms with Gasteiger partial charge in [0.15, 0.2) is 5.13 Å². The number of hydrogen-bond acceptors (Lipinski definition) is 4. The predicted molar refractivity (Wildman–Crippen MR) is 118 cm³/mol. The Morgan fingerprint density at radius 2 is 1.80 bits per heavy atom. The van der Waals surface area contributed by atoms with E-state index < -0.39 is 0 Å². The van der Waals surface area contributed by atoms with Crippen LogP contribution in [0.5, 0.6) is 0 Å². The van der Waals surface area contributed by atoms with Gasteiger partial charge in [0.25, 0.3) is 0 Å². The Bertz CT molecular complexity index is 987. The molecule has 0 saturated heterocycles. The van der Waals surface area contributed by atoms with Crippen LogP contribution in [-0.2, 0) is 16.0 Å². The molecule has 0 spiro atoms. The normalized spacial score (nSPS) is 10.8. The van der Waals surface area contributed by atoms with E-state index in [2.05, 4.69) is 10.3 Å². The van der Waals surface area contributed by atoms with Crippen molar-refractivity contribution in [3.05, 3.63) is 71.4 Å². The first-order valence-corrected chi connectivity index (χ1v) is 10.6. The lowest BCUT2D eigenvalue weighted by Gasteiger charge is -2.24. The summed E-state index contributed by atoms with van der Waals surface area (Å²) >= 11 is 1.34. The number of amides is 2. The van der Waals surface area contributed by atoms with E-state index >= 15 is 0 Å². The molecule has 1 heterocycles. The minimum Gasteiger partial charge on any atom is -0.333 e. The van der Waals surface area contributed by atoms with Crippen molar-refractivity contribution in [2.75, 3.05) is 18.4 Å². The van der Waals surface area contributed by atoms with Crippen molar-refractivity contribution >= 4 is 28.3 Å². The van der Waals surface area contributed by atoms with Gasteiger partial charge in [-0.3, -0.25) is 9.59 Å². The number of benzene rings is 2. The van der Waals surface area contributed by atoms with Gasteiger partial charge in [0.1, 0.15) is 5.82 Å². The van der Waals surface area contributed by atoms with Gasteiger partial charge in [-0.15, -0.1) is 11.3 Å². The molecule has 7 heteroatoms. The van der Waals surface area contributed by atoms with Gasteiger partial charge in [-0.1, -0.05) is 56.3 Å². The smallest absolute Gasteiger partial charge is 0.245 e. The number of carbonyl (C=O) groups excluding carboxylic acids is 2. The monoisotopic (exact) mass is 425 g/mol. The second kappa shape index (κ2) is 10.1. The molecule has 0 aliphatic heterocycles. The van der Waals surface area contributed by atoms with E-state index in [0.29, 0.717) is 17.2 Å². The third-order valence-corrected chi connectivity index (χ3v) is 5.12. The average molecular weight is 426 g/mol. The van der Waals surface area contributed by atoms with Crippen LogP contribution in [0.15, 0.2) is 60.0 Å².